The lowest BCUT2D eigenvalue weighted by molar-refractivity contribution is -0.00451. The molecule has 4 fully saturated rings. The first-order valence-electron chi connectivity index (χ1n) is 15.7. The Labute approximate surface area is 247 Å². The van der Waals surface area contributed by atoms with E-state index in [0.717, 1.165) is 39.7 Å². The third-order valence-corrected chi connectivity index (χ3v) is 12.5. The summed E-state index contributed by atoms with van der Waals surface area (Å²) in [6.45, 7) is 2.39. The molecule has 1 heterocycles. The van der Waals surface area contributed by atoms with E-state index in [0.29, 0.717) is 0 Å². The van der Waals surface area contributed by atoms with E-state index in [1.807, 2.05) is 0 Å². The summed E-state index contributed by atoms with van der Waals surface area (Å²) in [7, 11) is -1.44. The molecule has 210 valence electrons. The lowest BCUT2D eigenvalue weighted by Gasteiger charge is -2.60. The fourth-order valence-electron chi connectivity index (χ4n) is 9.39. The summed E-state index contributed by atoms with van der Waals surface area (Å²) in [5.74, 6) is 2.49. The van der Waals surface area contributed by atoms with Gasteiger partial charge in [0.2, 0.25) is 0 Å². The molecule has 1 atom stereocenters. The van der Waals surface area contributed by atoms with Gasteiger partial charge in [0.05, 0.1) is 0 Å². The summed E-state index contributed by atoms with van der Waals surface area (Å²) in [6.07, 6.45) is 8.02. The monoisotopic (exact) mass is 569 g/mol. The van der Waals surface area contributed by atoms with Crippen LogP contribution < -0.4 is 4.67 Å². The number of benzene rings is 5. The predicted octanol–water partition coefficient (Wildman–Crippen LogP) is 11.3. The molecule has 4 saturated carbocycles. The smallest absolute Gasteiger partial charge is 0.310 e. The molecule has 3 nitrogen and oxygen atoms in total. The molecule has 0 radical (unpaired) electrons. The standard InChI is InChI=1S/C38H36NO2P/c1-25(29-9-3-2-4-10-29)39(38-22-26-19-27(23-38)21-28(20-26)24-38)42-40-34-17-15-30-11-5-7-13-32(30)36(34)37-33-14-8-6-12-31(33)16-18-35(37)41-42/h2-18,25-28H,19-24H2,1H3/t25-,26?,27?,28?,38?/m1/s1. The Hall–Kier alpha value is -3.52. The fourth-order valence-corrected chi connectivity index (χ4v) is 11.3. The second-order valence-corrected chi connectivity index (χ2v) is 14.6. The van der Waals surface area contributed by atoms with Crippen LogP contribution in [0.5, 0.6) is 0 Å². The van der Waals surface area contributed by atoms with Crippen LogP contribution in [-0.2, 0) is 0 Å². The fraction of sp³-hybridized carbons (Fsp3) is 0.316. The zero-order valence-electron chi connectivity index (χ0n) is 24.1. The highest BCUT2D eigenvalue weighted by Crippen LogP contribution is 2.62. The molecule has 4 aliphatic carbocycles. The van der Waals surface area contributed by atoms with Gasteiger partial charge in [-0.2, -0.15) is 4.67 Å². The van der Waals surface area contributed by atoms with Crippen LogP contribution in [0.1, 0.15) is 57.1 Å². The molecule has 5 aromatic carbocycles. The van der Waals surface area contributed by atoms with Crippen molar-refractivity contribution in [3.63, 3.8) is 0 Å². The highest BCUT2D eigenvalue weighted by atomic mass is 31.1. The minimum Gasteiger partial charge on any atom is -0.408 e. The molecule has 0 aliphatic heterocycles. The van der Waals surface area contributed by atoms with Crippen LogP contribution in [0.15, 0.2) is 112 Å². The third kappa shape index (κ3) is 3.83. The van der Waals surface area contributed by atoms with Gasteiger partial charge in [-0.05, 0) is 102 Å². The van der Waals surface area contributed by atoms with E-state index in [2.05, 4.69) is 115 Å². The molecule has 6 aromatic rings. The topological polar surface area (TPSA) is 29.5 Å². The Morgan fingerprint density at radius 1 is 0.619 bits per heavy atom. The van der Waals surface area contributed by atoms with Crippen LogP contribution in [0.25, 0.3) is 43.5 Å². The van der Waals surface area contributed by atoms with Gasteiger partial charge in [-0.25, -0.2) is 0 Å². The lowest BCUT2D eigenvalue weighted by Crippen LogP contribution is -2.60. The Morgan fingerprint density at radius 3 is 1.62 bits per heavy atom. The molecule has 4 aliphatic rings. The summed E-state index contributed by atoms with van der Waals surface area (Å²) in [5, 5.41) is 7.18. The van der Waals surface area contributed by atoms with E-state index in [4.69, 9.17) is 8.39 Å². The van der Waals surface area contributed by atoms with Crippen molar-refractivity contribution in [1.82, 2.24) is 0 Å². The number of nitrogens with zero attached hydrogens (tertiary/aromatic N) is 1. The zero-order valence-corrected chi connectivity index (χ0v) is 25.0. The van der Waals surface area contributed by atoms with Gasteiger partial charge in [0.15, 0.2) is 0 Å². The molecule has 42 heavy (non-hydrogen) atoms. The second-order valence-electron chi connectivity index (χ2n) is 13.3. The van der Waals surface area contributed by atoms with Gasteiger partial charge in [-0.15, -0.1) is 0 Å². The first-order valence-corrected chi connectivity index (χ1v) is 16.8. The van der Waals surface area contributed by atoms with E-state index in [1.165, 1.54) is 65.6 Å². The Kier molecular flexibility index (Phi) is 5.66. The average Bonchev–Trinajstić information content (AvgIpc) is 3.18. The van der Waals surface area contributed by atoms with Gasteiger partial charge in [0.25, 0.3) is 0 Å². The van der Waals surface area contributed by atoms with Crippen molar-refractivity contribution in [1.29, 1.82) is 0 Å². The van der Waals surface area contributed by atoms with Gasteiger partial charge in [0.1, 0.15) is 11.2 Å². The van der Waals surface area contributed by atoms with Crippen LogP contribution in [0.3, 0.4) is 0 Å². The van der Waals surface area contributed by atoms with Gasteiger partial charge in [0, 0.05) is 22.4 Å². The van der Waals surface area contributed by atoms with Crippen molar-refractivity contribution in [2.75, 3.05) is 4.67 Å². The van der Waals surface area contributed by atoms with Crippen molar-refractivity contribution < 1.29 is 8.39 Å². The SMILES string of the molecule is C[C@H](c1ccccc1)N(p1oc2ccc3ccccc3c2c2c(ccc3ccccc32)o1)C12CC3CC(CC(C3)C1)C2. The van der Waals surface area contributed by atoms with E-state index < -0.39 is 8.16 Å². The van der Waals surface area contributed by atoms with Crippen LogP contribution in [0.2, 0.25) is 0 Å². The van der Waals surface area contributed by atoms with Gasteiger partial charge in [-0.3, -0.25) is 0 Å². The molecule has 0 N–H and O–H groups in total. The predicted molar refractivity (Wildman–Crippen MR) is 175 cm³/mol. The largest absolute Gasteiger partial charge is 0.408 e. The highest BCUT2D eigenvalue weighted by Gasteiger charge is 2.56. The number of hydrogen-bond donors (Lipinski definition) is 0. The minimum atomic E-state index is -1.44. The molecule has 0 amide bonds. The van der Waals surface area contributed by atoms with Crippen molar-refractivity contribution in [3.8, 4) is 0 Å². The zero-order chi connectivity index (χ0) is 27.8. The summed E-state index contributed by atoms with van der Waals surface area (Å²) < 4.78 is 17.3. The first kappa shape index (κ1) is 25.0. The maximum absolute atomic E-state index is 7.26. The Bertz CT molecular complexity index is 1880. The number of fused-ring (bicyclic) bond motifs is 7. The second kappa shape index (κ2) is 9.49. The Morgan fingerprint density at radius 2 is 1.10 bits per heavy atom. The molecular formula is C38H36NO2P. The van der Waals surface area contributed by atoms with Crippen molar-refractivity contribution in [2.45, 2.75) is 57.0 Å². The van der Waals surface area contributed by atoms with Gasteiger partial charge < -0.3 is 8.39 Å². The van der Waals surface area contributed by atoms with E-state index in [-0.39, 0.29) is 11.6 Å². The van der Waals surface area contributed by atoms with Crippen LogP contribution in [0, 0.1) is 17.8 Å². The van der Waals surface area contributed by atoms with Gasteiger partial charge in [-0.1, -0.05) is 91.0 Å². The molecule has 4 heteroatoms. The number of hydrogen-bond acceptors (Lipinski definition) is 3. The summed E-state index contributed by atoms with van der Waals surface area (Å²) >= 11 is 0. The summed E-state index contributed by atoms with van der Waals surface area (Å²) in [4.78, 5) is 0. The van der Waals surface area contributed by atoms with E-state index in [1.54, 1.807) is 0 Å². The quantitative estimate of drug-likeness (QED) is 0.211. The molecule has 10 rings (SSSR count). The third-order valence-electron chi connectivity index (χ3n) is 10.7. The average molecular weight is 570 g/mol. The minimum absolute atomic E-state index is 0.105. The normalized spacial score (nSPS) is 25.6. The molecule has 1 aromatic heterocycles. The molecule has 0 saturated heterocycles. The van der Waals surface area contributed by atoms with Crippen molar-refractivity contribution in [3.05, 3.63) is 109 Å². The molecule has 4 bridgehead atoms. The maximum Gasteiger partial charge on any atom is 0.310 e. The van der Waals surface area contributed by atoms with Crippen molar-refractivity contribution in [2.24, 2.45) is 17.8 Å². The van der Waals surface area contributed by atoms with Crippen molar-refractivity contribution >= 4 is 51.6 Å². The van der Waals surface area contributed by atoms with Gasteiger partial charge >= 0.3 is 8.16 Å². The van der Waals surface area contributed by atoms with E-state index >= 15 is 0 Å². The summed E-state index contributed by atoms with van der Waals surface area (Å²) in [6, 6.07) is 37.4. The first-order chi connectivity index (χ1) is 20.6. The molecule has 0 spiro atoms. The number of rotatable bonds is 4. The summed E-state index contributed by atoms with van der Waals surface area (Å²) in [5.41, 5.74) is 3.31. The van der Waals surface area contributed by atoms with Crippen LogP contribution >= 0.6 is 8.16 Å². The van der Waals surface area contributed by atoms with E-state index in [9.17, 15) is 0 Å². The van der Waals surface area contributed by atoms with Crippen LogP contribution in [0.4, 0.5) is 0 Å². The lowest BCUT2D eigenvalue weighted by atomic mass is 9.53. The van der Waals surface area contributed by atoms with Crippen LogP contribution in [-0.4, -0.2) is 5.54 Å². The molecular weight excluding hydrogens is 533 g/mol. The maximum atomic E-state index is 7.26. The highest BCUT2D eigenvalue weighted by molar-refractivity contribution is 7.39. The Balaban J connectivity index is 1.38. The molecule has 0 unspecified atom stereocenters.